The van der Waals surface area contributed by atoms with Gasteiger partial charge in [-0.25, -0.2) is 4.68 Å². The Morgan fingerprint density at radius 1 is 1.18 bits per heavy atom. The van der Waals surface area contributed by atoms with Gasteiger partial charge in [0.1, 0.15) is 18.2 Å². The van der Waals surface area contributed by atoms with Gasteiger partial charge in [-0.2, -0.15) is 0 Å². The zero-order valence-electron chi connectivity index (χ0n) is 22.1. The second-order valence-corrected chi connectivity index (χ2v) is 12.5. The zero-order valence-corrected chi connectivity index (χ0v) is 22.9. The lowest BCUT2D eigenvalue weighted by Gasteiger charge is -2.39. The number of likely N-dealkylation sites (tertiary alicyclic amines) is 1. The minimum absolute atomic E-state index is 0.101. The normalized spacial score (nSPS) is 32.3. The minimum Gasteiger partial charge on any atom is -0.465 e. The van der Waals surface area contributed by atoms with Crippen LogP contribution in [-0.4, -0.2) is 89.5 Å². The number of carbonyl (C=O) groups excluding carboxylic acids is 3. The third-order valence-electron chi connectivity index (χ3n) is 8.41. The number of allylic oxidation sites excluding steroid dienone is 1. The van der Waals surface area contributed by atoms with Crippen molar-refractivity contribution in [2.24, 2.45) is 17.8 Å². The molecule has 2 fully saturated rings. The number of para-hydroxylation sites is 1. The molecular formula is C28H33N5O5S. The number of aliphatic hydroxyl groups excluding tert-OH is 1. The quantitative estimate of drug-likeness (QED) is 0.443. The molecule has 1 aromatic heterocycles. The van der Waals surface area contributed by atoms with Gasteiger partial charge in [0, 0.05) is 11.8 Å². The van der Waals surface area contributed by atoms with E-state index in [1.807, 2.05) is 56.3 Å². The molecule has 1 aromatic carbocycles. The van der Waals surface area contributed by atoms with Gasteiger partial charge in [-0.05, 0) is 30.9 Å². The van der Waals surface area contributed by atoms with Gasteiger partial charge in [0.05, 0.1) is 41.4 Å². The number of esters is 1. The van der Waals surface area contributed by atoms with Gasteiger partial charge in [-0.1, -0.05) is 55.5 Å². The van der Waals surface area contributed by atoms with Crippen molar-refractivity contribution < 1.29 is 24.2 Å². The lowest BCUT2D eigenvalue weighted by Crippen LogP contribution is -2.57. The van der Waals surface area contributed by atoms with E-state index in [1.54, 1.807) is 14.5 Å². The van der Waals surface area contributed by atoms with Crippen molar-refractivity contribution in [2.45, 2.75) is 55.4 Å². The number of thioether (sulfide) groups is 1. The molecule has 4 aliphatic rings. The van der Waals surface area contributed by atoms with Crippen LogP contribution in [0.2, 0.25) is 0 Å². The van der Waals surface area contributed by atoms with E-state index in [4.69, 9.17) is 4.74 Å². The molecule has 2 aromatic rings. The number of hydrogen-bond acceptors (Lipinski definition) is 8. The summed E-state index contributed by atoms with van der Waals surface area (Å²) in [6.45, 7) is 4.36. The molecule has 2 saturated heterocycles. The van der Waals surface area contributed by atoms with Crippen molar-refractivity contribution in [1.82, 2.24) is 24.8 Å². The molecule has 39 heavy (non-hydrogen) atoms. The standard InChI is InChI=1S/C28H33N5O5S/c1-17(2)20(15-34)33-24-26(36)31(16-32-19-10-6-5-9-18(19)29-30-32)13-8-12-28(24)23(25(33)35)22-21(39-28)11-4-3-7-14-38-27(22)37/h4-6,8-12,17,20-24,34H,3,7,13-16H2,1-2H3/b11-4-/t20-,21-,22+,23-,24?,28-/m0/s1. The summed E-state index contributed by atoms with van der Waals surface area (Å²) in [6.07, 6.45) is 9.48. The fourth-order valence-electron chi connectivity index (χ4n) is 6.53. The van der Waals surface area contributed by atoms with Crippen LogP contribution < -0.4 is 0 Å². The van der Waals surface area contributed by atoms with E-state index in [0.29, 0.717) is 13.2 Å². The van der Waals surface area contributed by atoms with Crippen LogP contribution in [0.15, 0.2) is 48.6 Å². The number of amides is 2. The van der Waals surface area contributed by atoms with Gasteiger partial charge in [0.15, 0.2) is 0 Å². The fourth-order valence-corrected chi connectivity index (χ4v) is 8.52. The van der Waals surface area contributed by atoms with Gasteiger partial charge in [-0.3, -0.25) is 14.4 Å². The van der Waals surface area contributed by atoms with Crippen molar-refractivity contribution >= 4 is 40.6 Å². The van der Waals surface area contributed by atoms with Crippen LogP contribution in [0.5, 0.6) is 0 Å². The van der Waals surface area contributed by atoms with E-state index < -0.39 is 34.6 Å². The predicted molar refractivity (Wildman–Crippen MR) is 145 cm³/mol. The maximum Gasteiger partial charge on any atom is 0.311 e. The SMILES string of the molecule is CC(C)[C@H](CO)N1C(=O)[C@@H]2[C@@H]3C(=O)OCCC/C=C\[C@@H]3S[C@@]23C=CCN(Cn2nnc4ccccc42)C(=O)C13. The summed E-state index contributed by atoms with van der Waals surface area (Å²) >= 11 is 1.51. The van der Waals surface area contributed by atoms with Gasteiger partial charge in [0.25, 0.3) is 0 Å². The van der Waals surface area contributed by atoms with Crippen molar-refractivity contribution in [2.75, 3.05) is 19.8 Å². The highest BCUT2D eigenvalue weighted by Crippen LogP contribution is 2.61. The molecule has 206 valence electrons. The topological polar surface area (TPSA) is 118 Å². The van der Waals surface area contributed by atoms with E-state index in [2.05, 4.69) is 16.4 Å². The molecular weight excluding hydrogens is 518 g/mol. The average Bonchev–Trinajstić information content (AvgIpc) is 3.52. The third-order valence-corrected chi connectivity index (χ3v) is 10.2. The van der Waals surface area contributed by atoms with Crippen LogP contribution >= 0.6 is 11.8 Å². The molecule has 6 rings (SSSR count). The highest BCUT2D eigenvalue weighted by molar-refractivity contribution is 8.02. The smallest absolute Gasteiger partial charge is 0.311 e. The molecule has 6 atom stereocenters. The van der Waals surface area contributed by atoms with Gasteiger partial charge in [0.2, 0.25) is 11.8 Å². The van der Waals surface area contributed by atoms with E-state index in [1.165, 1.54) is 11.8 Å². The van der Waals surface area contributed by atoms with Crippen molar-refractivity contribution in [3.8, 4) is 0 Å². The summed E-state index contributed by atoms with van der Waals surface area (Å²) in [6, 6.07) is 6.10. The van der Waals surface area contributed by atoms with E-state index in [-0.39, 0.29) is 36.3 Å². The number of hydrogen-bond donors (Lipinski definition) is 1. The highest BCUT2D eigenvalue weighted by Gasteiger charge is 2.71. The largest absolute Gasteiger partial charge is 0.465 e. The van der Waals surface area contributed by atoms with Crippen molar-refractivity contribution in [3.05, 3.63) is 48.6 Å². The molecule has 10 nitrogen and oxygen atoms in total. The maximum absolute atomic E-state index is 14.5. The number of rotatable bonds is 5. The number of ether oxygens (including phenoxy) is 1. The van der Waals surface area contributed by atoms with Crippen LogP contribution in [-0.2, 0) is 25.8 Å². The molecule has 0 saturated carbocycles. The van der Waals surface area contributed by atoms with Gasteiger partial charge in [-0.15, -0.1) is 16.9 Å². The molecule has 11 heteroatoms. The Hall–Kier alpha value is -3.18. The Labute approximate surface area is 231 Å². The number of carbonyl (C=O) groups is 3. The molecule has 1 unspecified atom stereocenters. The number of fused-ring (bicyclic) bond motifs is 3. The Morgan fingerprint density at radius 2 is 2.00 bits per heavy atom. The van der Waals surface area contributed by atoms with Crippen LogP contribution in [0.4, 0.5) is 0 Å². The molecule has 5 heterocycles. The van der Waals surface area contributed by atoms with E-state index in [0.717, 1.165) is 23.9 Å². The van der Waals surface area contributed by atoms with Crippen molar-refractivity contribution in [3.63, 3.8) is 0 Å². The lowest BCUT2D eigenvalue weighted by atomic mass is 9.78. The third kappa shape index (κ3) is 4.09. The number of nitrogens with zero attached hydrogens (tertiary/aromatic N) is 5. The first-order valence-electron chi connectivity index (χ1n) is 13.6. The minimum atomic E-state index is -0.965. The summed E-state index contributed by atoms with van der Waals surface area (Å²) in [7, 11) is 0. The fraction of sp³-hybridized carbons (Fsp3) is 0.536. The second-order valence-electron chi connectivity index (χ2n) is 11.0. The second kappa shape index (κ2) is 10.1. The maximum atomic E-state index is 14.5. The number of cyclic esters (lactones) is 1. The van der Waals surface area contributed by atoms with E-state index in [9.17, 15) is 19.5 Å². The molecule has 1 spiro atoms. The Morgan fingerprint density at radius 3 is 2.79 bits per heavy atom. The van der Waals surface area contributed by atoms with E-state index >= 15 is 0 Å². The molecule has 4 aliphatic heterocycles. The first kappa shape index (κ1) is 26.1. The van der Waals surface area contributed by atoms with Gasteiger partial charge < -0.3 is 19.6 Å². The summed E-state index contributed by atoms with van der Waals surface area (Å²) in [5.74, 6) is -2.48. The van der Waals surface area contributed by atoms with Crippen molar-refractivity contribution in [1.29, 1.82) is 0 Å². The molecule has 0 radical (unpaired) electrons. The first-order valence-corrected chi connectivity index (χ1v) is 14.4. The summed E-state index contributed by atoms with van der Waals surface area (Å²) in [5.41, 5.74) is 1.53. The highest BCUT2D eigenvalue weighted by atomic mass is 32.2. The lowest BCUT2D eigenvalue weighted by molar-refractivity contribution is -0.154. The number of benzene rings is 1. The number of aliphatic hydroxyl groups is 1. The zero-order chi connectivity index (χ0) is 27.3. The average molecular weight is 552 g/mol. The Kier molecular flexibility index (Phi) is 6.74. The van der Waals surface area contributed by atoms with Crippen LogP contribution in [0.3, 0.4) is 0 Å². The monoisotopic (exact) mass is 551 g/mol. The first-order chi connectivity index (χ1) is 18.9. The molecule has 0 bridgehead atoms. The van der Waals surface area contributed by atoms with Gasteiger partial charge >= 0.3 is 5.97 Å². The summed E-state index contributed by atoms with van der Waals surface area (Å²) in [4.78, 5) is 45.5. The van der Waals surface area contributed by atoms with Crippen LogP contribution in [0, 0.1) is 17.8 Å². The Bertz CT molecular complexity index is 1360. The van der Waals surface area contributed by atoms with Crippen LogP contribution in [0.25, 0.3) is 11.0 Å². The Balaban J connectivity index is 1.44. The molecule has 2 amide bonds. The molecule has 0 aliphatic carbocycles. The molecule has 1 N–H and O–H groups in total. The summed E-state index contributed by atoms with van der Waals surface area (Å²) < 4.78 is 6.34. The summed E-state index contributed by atoms with van der Waals surface area (Å²) in [5, 5.41) is 18.6. The van der Waals surface area contributed by atoms with Crippen LogP contribution in [0.1, 0.15) is 26.7 Å². The number of aromatic nitrogens is 3. The predicted octanol–water partition coefficient (Wildman–Crippen LogP) is 1.99.